The molecule has 0 bridgehead atoms. The number of nitrogens with zero attached hydrogens (tertiary/aromatic N) is 1. The maximum Gasteiger partial charge on any atom is 0.188 e. The molecular formula is C17H30IN3O. The van der Waals surface area contributed by atoms with Gasteiger partial charge in [-0.3, -0.25) is 0 Å². The van der Waals surface area contributed by atoms with E-state index in [-0.39, 0.29) is 30.1 Å². The predicted molar refractivity (Wildman–Crippen MR) is 105 cm³/mol. The van der Waals surface area contributed by atoms with Crippen LogP contribution in [0.25, 0.3) is 0 Å². The minimum absolute atomic E-state index is 0. The Morgan fingerprint density at radius 2 is 2.09 bits per heavy atom. The van der Waals surface area contributed by atoms with Crippen molar-refractivity contribution in [2.24, 2.45) is 10.7 Å². The summed E-state index contributed by atoms with van der Waals surface area (Å²) in [6.07, 6.45) is 3.43. The molecule has 0 aliphatic heterocycles. The monoisotopic (exact) mass is 419 g/mol. The Balaban J connectivity index is 0.00000441. The van der Waals surface area contributed by atoms with Crippen LogP contribution in [0.2, 0.25) is 0 Å². The third kappa shape index (κ3) is 7.87. The largest absolute Gasteiger partial charge is 0.490 e. The van der Waals surface area contributed by atoms with E-state index in [1.165, 1.54) is 5.56 Å². The first-order chi connectivity index (χ1) is 10.1. The Kier molecular flexibility index (Phi) is 11.1. The van der Waals surface area contributed by atoms with Crippen molar-refractivity contribution in [1.82, 2.24) is 5.32 Å². The van der Waals surface area contributed by atoms with Gasteiger partial charge < -0.3 is 15.8 Å². The van der Waals surface area contributed by atoms with Crippen LogP contribution in [0.3, 0.4) is 0 Å². The van der Waals surface area contributed by atoms with Gasteiger partial charge in [-0.2, -0.15) is 0 Å². The molecule has 1 aromatic rings. The van der Waals surface area contributed by atoms with E-state index in [0.717, 1.165) is 37.1 Å². The highest BCUT2D eigenvalue weighted by Crippen LogP contribution is 2.23. The molecule has 0 aliphatic rings. The summed E-state index contributed by atoms with van der Waals surface area (Å²) in [6.45, 7) is 9.83. The molecule has 1 unspecified atom stereocenters. The lowest BCUT2D eigenvalue weighted by Gasteiger charge is -2.16. The number of aryl methyl sites for hydroxylation is 1. The number of aliphatic imine (C=N–C) groups is 1. The second-order valence-corrected chi connectivity index (χ2v) is 5.43. The molecule has 3 N–H and O–H groups in total. The van der Waals surface area contributed by atoms with E-state index >= 15 is 0 Å². The lowest BCUT2D eigenvalue weighted by Crippen LogP contribution is -2.32. The average molecular weight is 419 g/mol. The van der Waals surface area contributed by atoms with Crippen LogP contribution in [0.5, 0.6) is 5.75 Å². The van der Waals surface area contributed by atoms with Crippen LogP contribution in [0.4, 0.5) is 0 Å². The Morgan fingerprint density at radius 3 is 2.73 bits per heavy atom. The second-order valence-electron chi connectivity index (χ2n) is 5.43. The van der Waals surface area contributed by atoms with E-state index in [0.29, 0.717) is 12.5 Å². The fraction of sp³-hybridized carbons (Fsp3) is 0.588. The zero-order valence-corrected chi connectivity index (χ0v) is 16.5. The van der Waals surface area contributed by atoms with Gasteiger partial charge in [0.1, 0.15) is 5.75 Å². The van der Waals surface area contributed by atoms with E-state index in [2.05, 4.69) is 56.2 Å². The van der Waals surface area contributed by atoms with Crippen LogP contribution < -0.4 is 15.8 Å². The number of hydrogen-bond donors (Lipinski definition) is 2. The third-order valence-corrected chi connectivity index (χ3v) is 3.38. The second kappa shape index (κ2) is 11.6. The van der Waals surface area contributed by atoms with Crippen molar-refractivity contribution in [2.45, 2.75) is 59.6 Å². The number of benzene rings is 1. The van der Waals surface area contributed by atoms with Crippen molar-refractivity contribution in [2.75, 3.05) is 6.54 Å². The van der Waals surface area contributed by atoms with Crippen LogP contribution >= 0.6 is 24.0 Å². The molecule has 5 heteroatoms. The van der Waals surface area contributed by atoms with Crippen LogP contribution in [-0.4, -0.2) is 18.6 Å². The van der Waals surface area contributed by atoms with Gasteiger partial charge in [0.05, 0.1) is 12.6 Å². The Labute approximate surface area is 151 Å². The fourth-order valence-electron chi connectivity index (χ4n) is 1.82. The van der Waals surface area contributed by atoms with Crippen LogP contribution in [0, 0.1) is 6.92 Å². The number of hydrogen-bond acceptors (Lipinski definition) is 2. The molecule has 4 nitrogen and oxygen atoms in total. The maximum atomic E-state index is 5.98. The molecule has 1 rings (SSSR count). The Morgan fingerprint density at radius 1 is 1.36 bits per heavy atom. The molecule has 1 aromatic carbocycles. The van der Waals surface area contributed by atoms with Gasteiger partial charge in [0, 0.05) is 12.1 Å². The molecular weight excluding hydrogens is 389 g/mol. The molecule has 0 amide bonds. The van der Waals surface area contributed by atoms with Crippen molar-refractivity contribution in [3.8, 4) is 5.75 Å². The summed E-state index contributed by atoms with van der Waals surface area (Å²) in [5.74, 6) is 1.41. The zero-order valence-electron chi connectivity index (χ0n) is 14.2. The SMILES string of the molecule is CCCCNC(N)=NCc1ccc(C)cc1OC(C)CC.I. The quantitative estimate of drug-likeness (QED) is 0.290. The normalized spacial score (nSPS) is 12.5. The lowest BCUT2D eigenvalue weighted by molar-refractivity contribution is 0.215. The molecule has 0 heterocycles. The topological polar surface area (TPSA) is 59.6 Å². The van der Waals surface area contributed by atoms with Crippen molar-refractivity contribution in [3.63, 3.8) is 0 Å². The number of nitrogens with two attached hydrogens (primary N) is 1. The molecule has 1 atom stereocenters. The van der Waals surface area contributed by atoms with E-state index in [1.807, 2.05) is 0 Å². The molecule has 22 heavy (non-hydrogen) atoms. The Bertz CT molecular complexity index is 463. The van der Waals surface area contributed by atoms with Crippen molar-refractivity contribution in [3.05, 3.63) is 29.3 Å². The fourth-order valence-corrected chi connectivity index (χ4v) is 1.82. The smallest absolute Gasteiger partial charge is 0.188 e. The maximum absolute atomic E-state index is 5.98. The highest BCUT2D eigenvalue weighted by Gasteiger charge is 2.07. The number of ether oxygens (including phenoxy) is 1. The molecule has 0 fully saturated rings. The summed E-state index contributed by atoms with van der Waals surface area (Å²) in [6, 6.07) is 6.21. The number of nitrogens with one attached hydrogen (secondary N) is 1. The van der Waals surface area contributed by atoms with Gasteiger partial charge in [0.15, 0.2) is 5.96 Å². The van der Waals surface area contributed by atoms with E-state index in [9.17, 15) is 0 Å². The van der Waals surface area contributed by atoms with Gasteiger partial charge in [0.2, 0.25) is 0 Å². The minimum Gasteiger partial charge on any atom is -0.490 e. The molecule has 0 radical (unpaired) electrons. The molecule has 0 saturated carbocycles. The standard InChI is InChI=1S/C17H29N3O.HI/c1-5-7-10-19-17(18)20-12-15-9-8-13(3)11-16(15)21-14(4)6-2;/h8-9,11,14H,5-7,10,12H2,1-4H3,(H3,18,19,20);1H. The first kappa shape index (κ1) is 21.0. The highest BCUT2D eigenvalue weighted by atomic mass is 127. The van der Waals surface area contributed by atoms with Gasteiger partial charge in [-0.15, -0.1) is 24.0 Å². The summed E-state index contributed by atoms with van der Waals surface area (Å²) >= 11 is 0. The van der Waals surface area contributed by atoms with Gasteiger partial charge >= 0.3 is 0 Å². The number of halogens is 1. The average Bonchev–Trinajstić information content (AvgIpc) is 2.46. The number of rotatable bonds is 8. The first-order valence-electron chi connectivity index (χ1n) is 7.86. The van der Waals surface area contributed by atoms with Crippen LogP contribution in [0.1, 0.15) is 51.2 Å². The van der Waals surface area contributed by atoms with Gasteiger partial charge in [0.25, 0.3) is 0 Å². The molecule has 126 valence electrons. The summed E-state index contributed by atoms with van der Waals surface area (Å²) in [4.78, 5) is 4.39. The third-order valence-electron chi connectivity index (χ3n) is 3.38. The van der Waals surface area contributed by atoms with Gasteiger partial charge in [-0.1, -0.05) is 32.4 Å². The molecule has 0 saturated heterocycles. The van der Waals surface area contributed by atoms with Crippen molar-refractivity contribution < 1.29 is 4.74 Å². The van der Waals surface area contributed by atoms with E-state index in [1.54, 1.807) is 0 Å². The number of unbranched alkanes of at least 4 members (excludes halogenated alkanes) is 1. The first-order valence-corrected chi connectivity index (χ1v) is 7.86. The van der Waals surface area contributed by atoms with Crippen molar-refractivity contribution in [1.29, 1.82) is 0 Å². The van der Waals surface area contributed by atoms with Crippen LogP contribution in [-0.2, 0) is 6.54 Å². The summed E-state index contributed by atoms with van der Waals surface area (Å²) in [7, 11) is 0. The molecule has 0 aromatic heterocycles. The lowest BCUT2D eigenvalue weighted by atomic mass is 10.1. The zero-order chi connectivity index (χ0) is 15.7. The van der Waals surface area contributed by atoms with Gasteiger partial charge in [-0.05, 0) is 38.3 Å². The predicted octanol–water partition coefficient (Wildman–Crippen LogP) is 3.99. The summed E-state index contributed by atoms with van der Waals surface area (Å²) in [5, 5.41) is 3.12. The minimum atomic E-state index is 0. The van der Waals surface area contributed by atoms with Crippen LogP contribution in [0.15, 0.2) is 23.2 Å². The Hall–Kier alpha value is -0.980. The molecule has 0 aliphatic carbocycles. The summed E-state index contributed by atoms with van der Waals surface area (Å²) in [5.41, 5.74) is 8.13. The summed E-state index contributed by atoms with van der Waals surface area (Å²) < 4.78 is 5.98. The highest BCUT2D eigenvalue weighted by molar-refractivity contribution is 14.0. The molecule has 0 spiro atoms. The van der Waals surface area contributed by atoms with Crippen molar-refractivity contribution >= 4 is 29.9 Å². The van der Waals surface area contributed by atoms with E-state index in [4.69, 9.17) is 10.5 Å². The van der Waals surface area contributed by atoms with Gasteiger partial charge in [-0.25, -0.2) is 4.99 Å². The number of guanidine groups is 1. The van der Waals surface area contributed by atoms with E-state index < -0.39 is 0 Å².